The predicted octanol–water partition coefficient (Wildman–Crippen LogP) is 2.96. The lowest BCUT2D eigenvalue weighted by molar-refractivity contribution is 0.704. The van der Waals surface area contributed by atoms with Gasteiger partial charge in [-0.05, 0) is 51.8 Å². The van der Waals surface area contributed by atoms with Crippen molar-refractivity contribution in [2.24, 2.45) is 15.9 Å². The van der Waals surface area contributed by atoms with Crippen LogP contribution in [0.25, 0.3) is 0 Å². The quantitative estimate of drug-likeness (QED) is 0.323. The molecule has 5 heteroatoms. The smallest absolute Gasteiger partial charge is 0.149 e. The highest BCUT2D eigenvalue weighted by Crippen LogP contribution is 2.12. The van der Waals surface area contributed by atoms with Crippen LogP contribution in [0.3, 0.4) is 0 Å². The van der Waals surface area contributed by atoms with Crippen molar-refractivity contribution >= 4 is 11.5 Å². The fourth-order valence-electron chi connectivity index (χ4n) is 1.83. The van der Waals surface area contributed by atoms with Crippen molar-refractivity contribution in [2.75, 3.05) is 0 Å². The molecule has 1 aliphatic heterocycles. The standard InChI is InChI=1S/C17H27N5/c1-7-11(2)8-17(22-18)20-13(4)10-19-16-9-12(3)14(5)21-15(16)6/h8-10,14,21H,6-7,18H2,1-5H3,(H,20,22)/b11-8+,13-10+,19-16?. The summed E-state index contributed by atoms with van der Waals surface area (Å²) in [7, 11) is 0. The van der Waals surface area contributed by atoms with Crippen molar-refractivity contribution in [3.63, 3.8) is 0 Å². The maximum atomic E-state index is 5.40. The number of nitrogens with zero attached hydrogens (tertiary/aromatic N) is 2. The van der Waals surface area contributed by atoms with E-state index in [9.17, 15) is 0 Å². The van der Waals surface area contributed by atoms with Crippen LogP contribution in [-0.2, 0) is 0 Å². The molecule has 4 N–H and O–H groups in total. The molecule has 5 nitrogen and oxygen atoms in total. The Kier molecular flexibility index (Phi) is 6.63. The first-order valence-electron chi connectivity index (χ1n) is 7.48. The average Bonchev–Trinajstić information content (AvgIpc) is 2.48. The van der Waals surface area contributed by atoms with Gasteiger partial charge in [0.1, 0.15) is 5.84 Å². The highest BCUT2D eigenvalue weighted by atomic mass is 15.2. The Hall–Kier alpha value is -2.30. The molecule has 0 aromatic rings. The highest BCUT2D eigenvalue weighted by Gasteiger charge is 2.14. The summed E-state index contributed by atoms with van der Waals surface area (Å²) in [6.07, 6.45) is 6.69. The predicted molar refractivity (Wildman–Crippen MR) is 95.5 cm³/mol. The molecule has 0 aromatic heterocycles. The second kappa shape index (κ2) is 8.22. The van der Waals surface area contributed by atoms with E-state index in [1.807, 2.05) is 26.0 Å². The Labute approximate surface area is 133 Å². The largest absolute Gasteiger partial charge is 0.378 e. The van der Waals surface area contributed by atoms with E-state index in [0.29, 0.717) is 11.9 Å². The maximum Gasteiger partial charge on any atom is 0.149 e. The summed E-state index contributed by atoms with van der Waals surface area (Å²) in [5.41, 5.74) is 4.96. The number of amidine groups is 1. The molecular formula is C17H27N5. The lowest BCUT2D eigenvalue weighted by Gasteiger charge is -2.23. The number of hydrazone groups is 1. The topological polar surface area (TPSA) is 74.8 Å². The minimum Gasteiger partial charge on any atom is -0.378 e. The van der Waals surface area contributed by atoms with Gasteiger partial charge in [-0.3, -0.25) is 4.99 Å². The third-order valence-corrected chi connectivity index (χ3v) is 3.55. The van der Waals surface area contributed by atoms with E-state index in [-0.39, 0.29) is 0 Å². The molecule has 1 unspecified atom stereocenters. The number of nitrogens with two attached hydrogens (primary N) is 1. The highest BCUT2D eigenvalue weighted by molar-refractivity contribution is 6.09. The van der Waals surface area contributed by atoms with Gasteiger partial charge in [-0.1, -0.05) is 19.1 Å². The zero-order valence-electron chi connectivity index (χ0n) is 14.2. The molecule has 0 aliphatic carbocycles. The average molecular weight is 301 g/mol. The van der Waals surface area contributed by atoms with E-state index in [2.05, 4.69) is 48.1 Å². The first kappa shape index (κ1) is 17.8. The van der Waals surface area contributed by atoms with Crippen molar-refractivity contribution in [2.45, 2.75) is 47.1 Å². The SMILES string of the molecule is C=C1NC(C)C(C)=CC1=N/C=C(\C)NC(/C=C(\C)CC)=N/N. The van der Waals surface area contributed by atoms with Crippen molar-refractivity contribution in [1.82, 2.24) is 10.6 Å². The number of rotatable bonds is 4. The summed E-state index contributed by atoms with van der Waals surface area (Å²) in [5, 5.41) is 10.2. The molecule has 0 amide bonds. The maximum absolute atomic E-state index is 5.40. The van der Waals surface area contributed by atoms with E-state index < -0.39 is 0 Å². The van der Waals surface area contributed by atoms with Gasteiger partial charge < -0.3 is 16.5 Å². The number of hydrogen-bond acceptors (Lipinski definition) is 4. The van der Waals surface area contributed by atoms with Crippen LogP contribution in [0.1, 0.15) is 41.0 Å². The lowest BCUT2D eigenvalue weighted by Crippen LogP contribution is -2.33. The zero-order valence-corrected chi connectivity index (χ0v) is 14.2. The molecule has 0 bridgehead atoms. The van der Waals surface area contributed by atoms with Gasteiger partial charge in [0.15, 0.2) is 0 Å². The minimum atomic E-state index is 0.299. The van der Waals surface area contributed by atoms with Crippen LogP contribution in [0.15, 0.2) is 57.6 Å². The molecule has 120 valence electrons. The number of aliphatic imine (C=N–C) groups is 1. The van der Waals surface area contributed by atoms with Crippen molar-refractivity contribution in [3.8, 4) is 0 Å². The fourth-order valence-corrected chi connectivity index (χ4v) is 1.83. The third kappa shape index (κ3) is 5.24. The molecule has 0 aromatic carbocycles. The lowest BCUT2D eigenvalue weighted by atomic mass is 10.0. The molecule has 0 saturated heterocycles. The third-order valence-electron chi connectivity index (χ3n) is 3.55. The van der Waals surface area contributed by atoms with Crippen LogP contribution in [0.4, 0.5) is 0 Å². The van der Waals surface area contributed by atoms with Gasteiger partial charge in [-0.15, -0.1) is 0 Å². The fraction of sp³-hybridized carbons (Fsp3) is 0.412. The molecule has 1 atom stereocenters. The van der Waals surface area contributed by atoms with Gasteiger partial charge in [-0.2, -0.15) is 5.10 Å². The van der Waals surface area contributed by atoms with E-state index >= 15 is 0 Å². The van der Waals surface area contributed by atoms with E-state index in [4.69, 9.17) is 5.84 Å². The van der Waals surface area contributed by atoms with Gasteiger partial charge in [-0.25, -0.2) is 0 Å². The summed E-state index contributed by atoms with van der Waals surface area (Å²) in [6.45, 7) is 14.2. The van der Waals surface area contributed by atoms with Gasteiger partial charge in [0.05, 0.1) is 11.4 Å². The van der Waals surface area contributed by atoms with Crippen LogP contribution in [0.5, 0.6) is 0 Å². The van der Waals surface area contributed by atoms with Gasteiger partial charge in [0, 0.05) is 17.9 Å². The molecule has 0 fully saturated rings. The Morgan fingerprint density at radius 1 is 1.50 bits per heavy atom. The summed E-state index contributed by atoms with van der Waals surface area (Å²) >= 11 is 0. The Morgan fingerprint density at radius 2 is 2.18 bits per heavy atom. The Balaban J connectivity index is 2.85. The second-order valence-corrected chi connectivity index (χ2v) is 5.54. The molecule has 1 rings (SSSR count). The Morgan fingerprint density at radius 3 is 2.77 bits per heavy atom. The zero-order chi connectivity index (χ0) is 16.7. The summed E-state index contributed by atoms with van der Waals surface area (Å²) in [6, 6.07) is 0.299. The molecule has 22 heavy (non-hydrogen) atoms. The summed E-state index contributed by atoms with van der Waals surface area (Å²) in [4.78, 5) is 4.47. The first-order valence-corrected chi connectivity index (χ1v) is 7.48. The van der Waals surface area contributed by atoms with Crippen LogP contribution >= 0.6 is 0 Å². The van der Waals surface area contributed by atoms with Crippen molar-refractivity contribution < 1.29 is 0 Å². The minimum absolute atomic E-state index is 0.299. The monoisotopic (exact) mass is 301 g/mol. The Bertz CT molecular complexity index is 576. The first-order chi connectivity index (χ1) is 10.4. The van der Waals surface area contributed by atoms with E-state index in [0.717, 1.165) is 23.5 Å². The number of nitrogens with one attached hydrogen (secondary N) is 2. The molecule has 0 spiro atoms. The van der Waals surface area contributed by atoms with Crippen LogP contribution < -0.4 is 16.5 Å². The van der Waals surface area contributed by atoms with Crippen LogP contribution in [0, 0.1) is 0 Å². The van der Waals surface area contributed by atoms with E-state index in [1.54, 1.807) is 6.20 Å². The molecule has 0 radical (unpaired) electrons. The second-order valence-electron chi connectivity index (χ2n) is 5.54. The molecule has 0 saturated carbocycles. The summed E-state index contributed by atoms with van der Waals surface area (Å²) < 4.78 is 0. The molecule has 1 aliphatic rings. The van der Waals surface area contributed by atoms with E-state index in [1.165, 1.54) is 11.1 Å². The van der Waals surface area contributed by atoms with Crippen molar-refractivity contribution in [3.05, 3.63) is 47.5 Å². The van der Waals surface area contributed by atoms with Gasteiger partial charge in [0.25, 0.3) is 0 Å². The van der Waals surface area contributed by atoms with Crippen LogP contribution in [-0.4, -0.2) is 17.6 Å². The normalized spacial score (nSPS) is 22.5. The van der Waals surface area contributed by atoms with Crippen molar-refractivity contribution in [1.29, 1.82) is 0 Å². The summed E-state index contributed by atoms with van der Waals surface area (Å²) in [5.74, 6) is 6.02. The van der Waals surface area contributed by atoms with Gasteiger partial charge in [0.2, 0.25) is 0 Å². The number of hydrogen-bond donors (Lipinski definition) is 3. The van der Waals surface area contributed by atoms with Gasteiger partial charge >= 0.3 is 0 Å². The number of allylic oxidation sites excluding steroid dienone is 3. The molecular weight excluding hydrogens is 274 g/mol. The van der Waals surface area contributed by atoms with Crippen LogP contribution in [0.2, 0.25) is 0 Å². The molecule has 1 heterocycles.